The van der Waals surface area contributed by atoms with Gasteiger partial charge in [0.2, 0.25) is 0 Å². The van der Waals surface area contributed by atoms with Gasteiger partial charge in [-0.3, -0.25) is 4.79 Å². The Morgan fingerprint density at radius 2 is 0.852 bits per heavy atom. The zero-order valence-corrected chi connectivity index (χ0v) is 36.2. The molecule has 1 amide bonds. The summed E-state index contributed by atoms with van der Waals surface area (Å²) >= 11 is 0. The summed E-state index contributed by atoms with van der Waals surface area (Å²) in [5, 5.41) is 9.30. The van der Waals surface area contributed by atoms with Gasteiger partial charge in [0, 0.05) is 39.3 Å². The number of aliphatic hydroxyl groups excluding tert-OH is 1. The molecule has 322 valence electrons. The zero-order chi connectivity index (χ0) is 39.6. The normalized spacial score (nSPS) is 11.5. The maximum Gasteiger partial charge on any atom is 0.409 e. The van der Waals surface area contributed by atoms with Gasteiger partial charge in [-0.15, -0.1) is 0 Å². The molecular formula is C45H90N2O7. The highest BCUT2D eigenvalue weighted by molar-refractivity contribution is 5.69. The highest BCUT2D eigenvalue weighted by Gasteiger charge is 2.15. The molecule has 0 aromatic rings. The van der Waals surface area contributed by atoms with Gasteiger partial charge in [-0.2, -0.15) is 0 Å². The maximum absolute atomic E-state index is 12.9. The van der Waals surface area contributed by atoms with E-state index in [1.54, 1.807) is 0 Å². The van der Waals surface area contributed by atoms with E-state index < -0.39 is 0 Å². The molecule has 0 spiro atoms. The van der Waals surface area contributed by atoms with Gasteiger partial charge in [-0.1, -0.05) is 130 Å². The first-order valence-electron chi connectivity index (χ1n) is 23.2. The van der Waals surface area contributed by atoms with Gasteiger partial charge in [-0.05, 0) is 83.8 Å². The average molecular weight is 771 g/mol. The van der Waals surface area contributed by atoms with Crippen LogP contribution in [-0.2, 0) is 23.7 Å². The lowest BCUT2D eigenvalue weighted by Gasteiger charge is -2.23. The van der Waals surface area contributed by atoms with Crippen molar-refractivity contribution in [2.24, 2.45) is 0 Å². The highest BCUT2D eigenvalue weighted by atomic mass is 16.7. The number of nitrogens with zero attached hydrogens (tertiary/aromatic N) is 2. The summed E-state index contributed by atoms with van der Waals surface area (Å²) in [6.07, 6.45) is 29.4. The molecule has 1 N–H and O–H groups in total. The Hall–Kier alpha value is -1.42. The van der Waals surface area contributed by atoms with E-state index in [9.17, 15) is 14.7 Å². The van der Waals surface area contributed by atoms with Crippen LogP contribution < -0.4 is 0 Å². The van der Waals surface area contributed by atoms with Crippen molar-refractivity contribution in [2.75, 3.05) is 65.8 Å². The monoisotopic (exact) mass is 771 g/mol. The SMILES string of the molecule is CCCCCCCCN(CCCCCC)C(=O)OCCCCCCN(CCCCO)CCCCOC(=O)CCC(OCCCCCC)OCCCCCC. The number of esters is 1. The molecule has 0 bridgehead atoms. The standard InChI is InChI=1S/C45H90N2O7/c1-5-9-13-17-18-23-37-47(36-22-14-10-6-2)45(50)54-42-29-20-19-21-33-46(34-24-26-38-48)35-25-30-39-51-43(49)31-32-44(52-40-27-15-11-7-3)53-41-28-16-12-8-4/h44,48H,5-42H2,1-4H3. The van der Waals surface area contributed by atoms with Crippen LogP contribution in [-0.4, -0.2) is 99.0 Å². The summed E-state index contributed by atoms with van der Waals surface area (Å²) in [5.41, 5.74) is 0. The second kappa shape index (κ2) is 42.7. The fraction of sp³-hybridized carbons (Fsp3) is 0.956. The Morgan fingerprint density at radius 1 is 0.463 bits per heavy atom. The molecule has 0 fully saturated rings. The Labute approximate surface area is 334 Å². The van der Waals surface area contributed by atoms with Crippen LogP contribution in [0.2, 0.25) is 0 Å². The van der Waals surface area contributed by atoms with E-state index in [4.69, 9.17) is 18.9 Å². The first kappa shape index (κ1) is 52.6. The maximum atomic E-state index is 12.9. The number of aliphatic hydroxyl groups is 1. The number of hydrogen-bond donors (Lipinski definition) is 1. The van der Waals surface area contributed by atoms with Crippen LogP contribution in [0.4, 0.5) is 4.79 Å². The molecule has 9 heteroatoms. The van der Waals surface area contributed by atoms with E-state index in [1.807, 2.05) is 4.90 Å². The lowest BCUT2D eigenvalue weighted by atomic mass is 10.1. The molecule has 0 aliphatic carbocycles. The minimum absolute atomic E-state index is 0.130. The van der Waals surface area contributed by atoms with Crippen molar-refractivity contribution >= 4 is 12.1 Å². The predicted octanol–water partition coefficient (Wildman–Crippen LogP) is 11.6. The number of ether oxygens (including phenoxy) is 4. The van der Waals surface area contributed by atoms with Gasteiger partial charge in [0.15, 0.2) is 6.29 Å². The fourth-order valence-corrected chi connectivity index (χ4v) is 6.56. The second-order valence-corrected chi connectivity index (χ2v) is 15.4. The van der Waals surface area contributed by atoms with Crippen molar-refractivity contribution in [3.8, 4) is 0 Å². The summed E-state index contributed by atoms with van der Waals surface area (Å²) in [4.78, 5) is 29.8. The highest BCUT2D eigenvalue weighted by Crippen LogP contribution is 2.13. The van der Waals surface area contributed by atoms with Crippen molar-refractivity contribution in [3.05, 3.63) is 0 Å². The number of amides is 1. The van der Waals surface area contributed by atoms with Gasteiger partial charge in [0.05, 0.1) is 19.6 Å². The average Bonchev–Trinajstić information content (AvgIpc) is 3.17. The number of rotatable bonds is 43. The molecule has 0 aliphatic heterocycles. The van der Waals surface area contributed by atoms with Crippen molar-refractivity contribution < 1.29 is 33.6 Å². The van der Waals surface area contributed by atoms with E-state index in [0.717, 1.165) is 123 Å². The quantitative estimate of drug-likeness (QED) is 0.0372. The van der Waals surface area contributed by atoms with Crippen molar-refractivity contribution in [3.63, 3.8) is 0 Å². The lowest BCUT2D eigenvalue weighted by Crippen LogP contribution is -2.33. The van der Waals surface area contributed by atoms with E-state index in [0.29, 0.717) is 39.3 Å². The first-order valence-corrected chi connectivity index (χ1v) is 23.2. The largest absolute Gasteiger partial charge is 0.466 e. The Bertz CT molecular complexity index is 773. The number of carbonyl (C=O) groups is 2. The van der Waals surface area contributed by atoms with Crippen LogP contribution in [0.3, 0.4) is 0 Å². The van der Waals surface area contributed by atoms with Gasteiger partial charge < -0.3 is 33.9 Å². The minimum Gasteiger partial charge on any atom is -0.466 e. The van der Waals surface area contributed by atoms with Gasteiger partial charge in [0.25, 0.3) is 0 Å². The predicted molar refractivity (Wildman–Crippen MR) is 225 cm³/mol. The zero-order valence-electron chi connectivity index (χ0n) is 36.2. The van der Waals surface area contributed by atoms with E-state index in [-0.39, 0.29) is 25.0 Å². The van der Waals surface area contributed by atoms with E-state index >= 15 is 0 Å². The molecule has 0 saturated carbocycles. The number of unbranched alkanes of at least 4 members (excludes halogenated alkanes) is 19. The van der Waals surface area contributed by atoms with Crippen molar-refractivity contribution in [1.82, 2.24) is 9.80 Å². The summed E-state index contributed by atoms with van der Waals surface area (Å²) < 4.78 is 23.3. The smallest absolute Gasteiger partial charge is 0.409 e. The van der Waals surface area contributed by atoms with Gasteiger partial charge in [0.1, 0.15) is 0 Å². The lowest BCUT2D eigenvalue weighted by molar-refractivity contribution is -0.159. The summed E-state index contributed by atoms with van der Waals surface area (Å²) in [6.45, 7) is 16.0. The Morgan fingerprint density at radius 3 is 1.41 bits per heavy atom. The Balaban J connectivity index is 4.38. The van der Waals surface area contributed by atoms with E-state index in [2.05, 4.69) is 32.6 Å². The summed E-state index contributed by atoms with van der Waals surface area (Å²) in [5.74, 6) is -0.174. The third kappa shape index (κ3) is 36.2. The molecule has 0 aromatic heterocycles. The van der Waals surface area contributed by atoms with Crippen LogP contribution in [0.1, 0.15) is 207 Å². The third-order valence-corrected chi connectivity index (χ3v) is 10.1. The third-order valence-electron chi connectivity index (χ3n) is 10.1. The number of carbonyl (C=O) groups excluding carboxylic acids is 2. The van der Waals surface area contributed by atoms with Gasteiger partial charge in [-0.25, -0.2) is 4.79 Å². The second-order valence-electron chi connectivity index (χ2n) is 15.4. The molecule has 0 heterocycles. The molecule has 0 aromatic carbocycles. The van der Waals surface area contributed by atoms with Crippen LogP contribution >= 0.6 is 0 Å². The molecule has 9 nitrogen and oxygen atoms in total. The molecule has 0 saturated heterocycles. The van der Waals surface area contributed by atoms with E-state index in [1.165, 1.54) is 77.0 Å². The Kier molecular flexibility index (Phi) is 41.6. The first-order chi connectivity index (χ1) is 26.5. The molecule has 54 heavy (non-hydrogen) atoms. The molecule has 0 radical (unpaired) electrons. The summed E-state index contributed by atoms with van der Waals surface area (Å²) in [6, 6.07) is 0. The van der Waals surface area contributed by atoms with Crippen LogP contribution in [0.25, 0.3) is 0 Å². The molecule has 0 rings (SSSR count). The molecule has 0 atom stereocenters. The molecule has 0 aliphatic rings. The van der Waals surface area contributed by atoms with Crippen LogP contribution in [0.5, 0.6) is 0 Å². The topological polar surface area (TPSA) is 97.8 Å². The van der Waals surface area contributed by atoms with Crippen molar-refractivity contribution in [2.45, 2.75) is 214 Å². The van der Waals surface area contributed by atoms with Crippen molar-refractivity contribution in [1.29, 1.82) is 0 Å². The fourth-order valence-electron chi connectivity index (χ4n) is 6.56. The molecule has 0 unspecified atom stereocenters. The van der Waals surface area contributed by atoms with Crippen LogP contribution in [0, 0.1) is 0 Å². The minimum atomic E-state index is -0.335. The molecular weight excluding hydrogens is 681 g/mol. The van der Waals surface area contributed by atoms with Gasteiger partial charge >= 0.3 is 12.1 Å². The number of hydrogen-bond acceptors (Lipinski definition) is 8. The van der Waals surface area contributed by atoms with Crippen LogP contribution in [0.15, 0.2) is 0 Å². The summed E-state index contributed by atoms with van der Waals surface area (Å²) in [7, 11) is 0.